The average molecular weight is 318 g/mol. The smallest absolute Gasteiger partial charge is 0.254 e. The van der Waals surface area contributed by atoms with E-state index in [2.05, 4.69) is 4.98 Å². The largest absolute Gasteiger partial charge is 0.387 e. The predicted molar refractivity (Wildman–Crippen MR) is 79.6 cm³/mol. The Morgan fingerprint density at radius 1 is 1.26 bits per heavy atom. The van der Waals surface area contributed by atoms with Crippen LogP contribution in [-0.4, -0.2) is 33.5 Å². The minimum Gasteiger partial charge on any atom is -0.387 e. The zero-order valence-electron chi connectivity index (χ0n) is 12.3. The number of hydrogen-bond donors (Lipinski definition) is 1. The summed E-state index contributed by atoms with van der Waals surface area (Å²) in [6.45, 7) is 0.0824. The number of carbonyl (C=O) groups is 1. The summed E-state index contributed by atoms with van der Waals surface area (Å²) in [5.41, 5.74) is 0.737. The first kappa shape index (κ1) is 15.6. The molecule has 6 heteroatoms. The van der Waals surface area contributed by atoms with Crippen LogP contribution >= 0.6 is 0 Å². The summed E-state index contributed by atoms with van der Waals surface area (Å²) in [7, 11) is 0. The third-order valence-corrected chi connectivity index (χ3v) is 3.85. The van der Waals surface area contributed by atoms with Gasteiger partial charge in [0.15, 0.2) is 0 Å². The molecule has 1 amide bonds. The van der Waals surface area contributed by atoms with Crippen LogP contribution in [0.5, 0.6) is 0 Å². The number of pyridine rings is 1. The predicted octanol–water partition coefficient (Wildman–Crippen LogP) is 2.70. The fraction of sp³-hybridized carbons (Fsp3) is 0.294. The van der Waals surface area contributed by atoms with Gasteiger partial charge in [0, 0.05) is 23.9 Å². The van der Waals surface area contributed by atoms with Crippen molar-refractivity contribution in [1.82, 2.24) is 9.88 Å². The van der Waals surface area contributed by atoms with Crippen LogP contribution in [0.15, 0.2) is 42.6 Å². The number of aliphatic hydroxyl groups is 1. The van der Waals surface area contributed by atoms with E-state index < -0.39 is 12.1 Å². The minimum absolute atomic E-state index is 0.0498. The highest BCUT2D eigenvalue weighted by atomic mass is 19.1. The van der Waals surface area contributed by atoms with Crippen LogP contribution in [0.25, 0.3) is 0 Å². The van der Waals surface area contributed by atoms with Gasteiger partial charge < -0.3 is 10.0 Å². The van der Waals surface area contributed by atoms with Gasteiger partial charge in [0.25, 0.3) is 5.91 Å². The molecule has 1 fully saturated rings. The third kappa shape index (κ3) is 3.71. The first-order valence-corrected chi connectivity index (χ1v) is 7.40. The van der Waals surface area contributed by atoms with Gasteiger partial charge in [0.2, 0.25) is 5.95 Å². The quantitative estimate of drug-likeness (QED) is 0.863. The number of aromatic nitrogens is 1. The van der Waals surface area contributed by atoms with Crippen LogP contribution in [-0.2, 0) is 0 Å². The molecule has 1 saturated carbocycles. The fourth-order valence-electron chi connectivity index (χ4n) is 2.46. The molecule has 1 atom stereocenters. The van der Waals surface area contributed by atoms with Crippen molar-refractivity contribution < 1.29 is 18.7 Å². The number of benzene rings is 1. The molecule has 0 spiro atoms. The number of hydrogen-bond acceptors (Lipinski definition) is 3. The van der Waals surface area contributed by atoms with Crippen LogP contribution in [0.4, 0.5) is 8.78 Å². The first-order chi connectivity index (χ1) is 11.0. The van der Waals surface area contributed by atoms with E-state index in [0.717, 1.165) is 18.9 Å². The molecule has 1 aliphatic rings. The topological polar surface area (TPSA) is 53.4 Å². The fourth-order valence-corrected chi connectivity index (χ4v) is 2.46. The van der Waals surface area contributed by atoms with Gasteiger partial charge in [0.05, 0.1) is 12.6 Å². The Kier molecular flexibility index (Phi) is 4.34. The van der Waals surface area contributed by atoms with Crippen molar-refractivity contribution in [3.63, 3.8) is 0 Å². The maximum Gasteiger partial charge on any atom is 0.254 e. The van der Waals surface area contributed by atoms with Crippen molar-refractivity contribution in [1.29, 1.82) is 0 Å². The molecule has 2 aromatic rings. The third-order valence-electron chi connectivity index (χ3n) is 3.85. The molecule has 0 bridgehead atoms. The normalized spacial score (nSPS) is 15.3. The van der Waals surface area contributed by atoms with Gasteiger partial charge in [-0.05, 0) is 36.6 Å². The number of halogens is 2. The van der Waals surface area contributed by atoms with E-state index in [1.807, 2.05) is 0 Å². The Morgan fingerprint density at radius 2 is 1.96 bits per heavy atom. The summed E-state index contributed by atoms with van der Waals surface area (Å²) < 4.78 is 26.2. The number of rotatable bonds is 5. The van der Waals surface area contributed by atoms with E-state index in [9.17, 15) is 18.7 Å². The van der Waals surface area contributed by atoms with Crippen molar-refractivity contribution in [2.24, 2.45) is 0 Å². The first-order valence-electron chi connectivity index (χ1n) is 7.40. The van der Waals surface area contributed by atoms with Crippen LogP contribution in [0, 0.1) is 11.8 Å². The van der Waals surface area contributed by atoms with Gasteiger partial charge >= 0.3 is 0 Å². The summed E-state index contributed by atoms with van der Waals surface area (Å²) in [4.78, 5) is 17.5. The molecule has 1 unspecified atom stereocenters. The summed E-state index contributed by atoms with van der Waals surface area (Å²) in [6.07, 6.45) is 2.03. The van der Waals surface area contributed by atoms with Gasteiger partial charge in [-0.25, -0.2) is 9.37 Å². The lowest BCUT2D eigenvalue weighted by Crippen LogP contribution is -2.36. The molecule has 1 heterocycles. The molecule has 0 saturated heterocycles. The van der Waals surface area contributed by atoms with E-state index in [4.69, 9.17) is 0 Å². The van der Waals surface area contributed by atoms with Gasteiger partial charge in [-0.1, -0.05) is 12.1 Å². The lowest BCUT2D eigenvalue weighted by molar-refractivity contribution is 0.0602. The lowest BCUT2D eigenvalue weighted by Gasteiger charge is -2.25. The lowest BCUT2D eigenvalue weighted by atomic mass is 10.1. The molecule has 0 radical (unpaired) electrons. The second kappa shape index (κ2) is 6.42. The molecule has 1 N–H and O–H groups in total. The average Bonchev–Trinajstić information content (AvgIpc) is 3.37. The number of nitrogens with zero attached hydrogens (tertiary/aromatic N) is 2. The second-order valence-electron chi connectivity index (χ2n) is 5.62. The molecule has 1 aliphatic carbocycles. The molecule has 0 aliphatic heterocycles. The summed E-state index contributed by atoms with van der Waals surface area (Å²) >= 11 is 0. The molecule has 23 heavy (non-hydrogen) atoms. The highest BCUT2D eigenvalue weighted by molar-refractivity contribution is 5.94. The summed E-state index contributed by atoms with van der Waals surface area (Å²) in [5.74, 6) is -1.44. The van der Waals surface area contributed by atoms with Crippen molar-refractivity contribution >= 4 is 5.91 Å². The van der Waals surface area contributed by atoms with Crippen LogP contribution in [0.2, 0.25) is 0 Å². The zero-order chi connectivity index (χ0) is 16.4. The molecule has 3 rings (SSSR count). The highest BCUT2D eigenvalue weighted by Crippen LogP contribution is 2.30. The van der Waals surface area contributed by atoms with Crippen LogP contribution in [0.1, 0.15) is 34.9 Å². The van der Waals surface area contributed by atoms with E-state index in [1.54, 1.807) is 4.90 Å². The van der Waals surface area contributed by atoms with Crippen molar-refractivity contribution in [2.75, 3.05) is 6.54 Å². The highest BCUT2D eigenvalue weighted by Gasteiger charge is 2.34. The van der Waals surface area contributed by atoms with E-state index in [0.29, 0.717) is 5.56 Å². The molecule has 120 valence electrons. The Hall–Kier alpha value is -2.34. The summed E-state index contributed by atoms with van der Waals surface area (Å²) in [5, 5.41) is 10.3. The van der Waals surface area contributed by atoms with Gasteiger partial charge in [0.1, 0.15) is 5.82 Å². The van der Waals surface area contributed by atoms with E-state index >= 15 is 0 Å². The Labute approximate surface area is 132 Å². The van der Waals surface area contributed by atoms with Crippen LogP contribution < -0.4 is 0 Å². The maximum absolute atomic E-state index is 13.2. The SMILES string of the molecule is O=C(c1ccnc(F)c1)N(CC(O)c1ccc(F)cc1)C1CC1. The second-order valence-corrected chi connectivity index (χ2v) is 5.62. The standard InChI is InChI=1S/C17H16F2N2O2/c18-13-3-1-11(2-4-13)15(22)10-21(14-5-6-14)17(23)12-7-8-20-16(19)9-12/h1-4,7-9,14-15,22H,5-6,10H2. The molecule has 4 nitrogen and oxygen atoms in total. The molecular weight excluding hydrogens is 302 g/mol. The van der Waals surface area contributed by atoms with Crippen molar-refractivity contribution in [2.45, 2.75) is 25.0 Å². The number of carbonyl (C=O) groups excluding carboxylic acids is 1. The van der Waals surface area contributed by atoms with E-state index in [-0.39, 0.29) is 29.9 Å². The van der Waals surface area contributed by atoms with Crippen molar-refractivity contribution in [3.05, 3.63) is 65.5 Å². The molecule has 1 aromatic carbocycles. The van der Waals surface area contributed by atoms with Crippen molar-refractivity contribution in [3.8, 4) is 0 Å². The van der Waals surface area contributed by atoms with Crippen LogP contribution in [0.3, 0.4) is 0 Å². The Balaban J connectivity index is 1.76. The minimum atomic E-state index is -0.924. The molecular formula is C17H16F2N2O2. The Bertz CT molecular complexity index is 702. The summed E-state index contributed by atoms with van der Waals surface area (Å²) in [6, 6.07) is 8.09. The monoisotopic (exact) mass is 318 g/mol. The number of aliphatic hydroxyl groups excluding tert-OH is 1. The van der Waals surface area contributed by atoms with Gasteiger partial charge in [-0.2, -0.15) is 4.39 Å². The van der Waals surface area contributed by atoms with Gasteiger partial charge in [-0.3, -0.25) is 4.79 Å². The number of amides is 1. The van der Waals surface area contributed by atoms with Gasteiger partial charge in [-0.15, -0.1) is 0 Å². The zero-order valence-corrected chi connectivity index (χ0v) is 12.3. The van der Waals surface area contributed by atoms with E-state index in [1.165, 1.54) is 36.5 Å². The molecule has 1 aromatic heterocycles. The maximum atomic E-state index is 13.2. The Morgan fingerprint density at radius 3 is 2.57 bits per heavy atom.